The van der Waals surface area contributed by atoms with Crippen molar-refractivity contribution in [3.05, 3.63) is 0 Å². The maximum Gasteiger partial charge on any atom is 0.335 e. The van der Waals surface area contributed by atoms with Gasteiger partial charge in [-0.25, -0.2) is 9.59 Å². The van der Waals surface area contributed by atoms with Crippen LogP contribution in [-0.2, 0) is 9.59 Å². The SMILES string of the molecule is CCNCC.O=C(O)C(O)C(O)C(=O)O. The summed E-state index contributed by atoms with van der Waals surface area (Å²) in [5, 5.41) is 35.6. The van der Waals surface area contributed by atoms with Crippen molar-refractivity contribution in [3.63, 3.8) is 0 Å². The van der Waals surface area contributed by atoms with Crippen LogP contribution < -0.4 is 5.32 Å². The lowest BCUT2D eigenvalue weighted by atomic mass is 10.2. The first kappa shape index (κ1) is 16.3. The summed E-state index contributed by atoms with van der Waals surface area (Å²) in [4.78, 5) is 19.5. The molecule has 7 heteroatoms. The molecule has 0 bridgehead atoms. The Labute approximate surface area is 87.3 Å². The van der Waals surface area contributed by atoms with Gasteiger partial charge in [0.05, 0.1) is 0 Å². The molecule has 2 unspecified atom stereocenters. The molecule has 0 rings (SSSR count). The van der Waals surface area contributed by atoms with Crippen LogP contribution in [0.25, 0.3) is 0 Å². The normalized spacial score (nSPS) is 13.3. The number of aliphatic carboxylic acids is 2. The van der Waals surface area contributed by atoms with Crippen LogP contribution in [0, 0.1) is 0 Å². The molecule has 0 aliphatic rings. The Morgan fingerprint density at radius 2 is 1.27 bits per heavy atom. The van der Waals surface area contributed by atoms with Gasteiger partial charge in [0.25, 0.3) is 0 Å². The van der Waals surface area contributed by atoms with Crippen LogP contribution in [0.15, 0.2) is 0 Å². The number of carboxylic acid groups (broad SMARTS) is 2. The van der Waals surface area contributed by atoms with E-state index in [-0.39, 0.29) is 0 Å². The lowest BCUT2D eigenvalue weighted by Gasteiger charge is -2.07. The topological polar surface area (TPSA) is 127 Å². The third kappa shape index (κ3) is 9.13. The average Bonchev–Trinajstić information content (AvgIpc) is 2.17. The van der Waals surface area contributed by atoms with Crippen molar-refractivity contribution in [3.8, 4) is 0 Å². The van der Waals surface area contributed by atoms with Crippen molar-refractivity contribution in [1.29, 1.82) is 0 Å². The molecule has 0 saturated carbocycles. The van der Waals surface area contributed by atoms with E-state index in [0.717, 1.165) is 13.1 Å². The molecule has 0 spiro atoms. The van der Waals surface area contributed by atoms with Crippen molar-refractivity contribution >= 4 is 11.9 Å². The van der Waals surface area contributed by atoms with Gasteiger partial charge in [0.1, 0.15) is 0 Å². The third-order valence-electron chi connectivity index (χ3n) is 1.31. The summed E-state index contributed by atoms with van der Waals surface area (Å²) in [5.41, 5.74) is 0. The number of aliphatic hydroxyl groups excluding tert-OH is 2. The Morgan fingerprint density at radius 3 is 1.33 bits per heavy atom. The van der Waals surface area contributed by atoms with Gasteiger partial charge in [-0.3, -0.25) is 0 Å². The zero-order chi connectivity index (χ0) is 12.4. The molecule has 0 aliphatic heterocycles. The highest BCUT2D eigenvalue weighted by atomic mass is 16.4. The van der Waals surface area contributed by atoms with E-state index in [9.17, 15) is 9.59 Å². The lowest BCUT2D eigenvalue weighted by molar-refractivity contribution is -0.165. The van der Waals surface area contributed by atoms with Crippen molar-refractivity contribution in [2.45, 2.75) is 26.1 Å². The molecule has 2 atom stereocenters. The van der Waals surface area contributed by atoms with Gasteiger partial charge in [0, 0.05) is 0 Å². The fourth-order valence-electron chi connectivity index (χ4n) is 0.520. The second-order valence-corrected chi connectivity index (χ2v) is 2.52. The molecular formula is C8H17NO6. The van der Waals surface area contributed by atoms with Crippen LogP contribution in [0.5, 0.6) is 0 Å². The highest BCUT2D eigenvalue weighted by molar-refractivity contribution is 5.83. The van der Waals surface area contributed by atoms with Crippen LogP contribution in [0.4, 0.5) is 0 Å². The number of rotatable bonds is 5. The van der Waals surface area contributed by atoms with Gasteiger partial charge < -0.3 is 25.7 Å². The van der Waals surface area contributed by atoms with Gasteiger partial charge >= 0.3 is 11.9 Å². The summed E-state index contributed by atoms with van der Waals surface area (Å²) in [5.74, 6) is -3.54. The molecule has 0 amide bonds. The van der Waals surface area contributed by atoms with E-state index in [1.807, 2.05) is 0 Å². The smallest absolute Gasteiger partial charge is 0.335 e. The van der Waals surface area contributed by atoms with E-state index < -0.39 is 24.1 Å². The Balaban J connectivity index is 0. The molecule has 0 aromatic rings. The van der Waals surface area contributed by atoms with E-state index in [1.54, 1.807) is 0 Å². The molecule has 0 aromatic heterocycles. The van der Waals surface area contributed by atoms with Gasteiger partial charge in [-0.1, -0.05) is 13.8 Å². The molecule has 90 valence electrons. The Bertz CT molecular complexity index is 176. The quantitative estimate of drug-likeness (QED) is 0.383. The number of aliphatic hydroxyl groups is 2. The van der Waals surface area contributed by atoms with Gasteiger partial charge in [-0.05, 0) is 13.1 Å². The van der Waals surface area contributed by atoms with E-state index in [1.165, 1.54) is 0 Å². The number of hydrogen-bond acceptors (Lipinski definition) is 5. The molecule has 0 saturated heterocycles. The van der Waals surface area contributed by atoms with Crippen molar-refractivity contribution in [2.75, 3.05) is 13.1 Å². The van der Waals surface area contributed by atoms with E-state index in [0.29, 0.717) is 0 Å². The molecule has 7 nitrogen and oxygen atoms in total. The first-order valence-corrected chi connectivity index (χ1v) is 4.40. The van der Waals surface area contributed by atoms with Crippen molar-refractivity contribution in [2.24, 2.45) is 0 Å². The number of carbonyl (C=O) groups is 2. The molecule has 0 heterocycles. The predicted octanol–water partition coefficient (Wildman–Crippen LogP) is -1.51. The zero-order valence-corrected chi connectivity index (χ0v) is 8.67. The third-order valence-corrected chi connectivity index (χ3v) is 1.31. The molecule has 15 heavy (non-hydrogen) atoms. The predicted molar refractivity (Wildman–Crippen MR) is 51.5 cm³/mol. The van der Waals surface area contributed by atoms with Gasteiger partial charge in [0.15, 0.2) is 12.2 Å². The molecule has 5 N–H and O–H groups in total. The summed E-state index contributed by atoms with van der Waals surface area (Å²) < 4.78 is 0. The van der Waals surface area contributed by atoms with Crippen LogP contribution >= 0.6 is 0 Å². The molecular weight excluding hydrogens is 206 g/mol. The van der Waals surface area contributed by atoms with Crippen LogP contribution in [0.2, 0.25) is 0 Å². The van der Waals surface area contributed by atoms with Crippen LogP contribution in [-0.4, -0.2) is 57.7 Å². The molecule has 0 radical (unpaired) electrons. The van der Waals surface area contributed by atoms with Gasteiger partial charge in [-0.15, -0.1) is 0 Å². The molecule has 0 aliphatic carbocycles. The summed E-state index contributed by atoms with van der Waals surface area (Å²) in [6.45, 7) is 6.39. The van der Waals surface area contributed by atoms with Gasteiger partial charge in [-0.2, -0.15) is 0 Å². The second-order valence-electron chi connectivity index (χ2n) is 2.52. The minimum atomic E-state index is -2.27. The standard InChI is InChI=1S/C4H11N.C4H6O6/c1-3-5-4-2;5-1(3(7)8)2(6)4(9)10/h5H,3-4H2,1-2H3;1-2,5-6H,(H,7,8)(H,9,10). The lowest BCUT2D eigenvalue weighted by Crippen LogP contribution is -2.39. The van der Waals surface area contributed by atoms with E-state index in [4.69, 9.17) is 20.4 Å². The molecule has 0 fully saturated rings. The minimum absolute atomic E-state index is 1.09. The maximum absolute atomic E-state index is 9.77. The monoisotopic (exact) mass is 223 g/mol. The highest BCUT2D eigenvalue weighted by Crippen LogP contribution is 1.92. The summed E-state index contributed by atoms with van der Waals surface area (Å²) >= 11 is 0. The average molecular weight is 223 g/mol. The van der Waals surface area contributed by atoms with Crippen molar-refractivity contribution in [1.82, 2.24) is 5.32 Å². The largest absolute Gasteiger partial charge is 0.479 e. The second kappa shape index (κ2) is 9.38. The summed E-state index contributed by atoms with van der Waals surface area (Å²) in [6, 6.07) is 0. The Morgan fingerprint density at radius 1 is 1.00 bits per heavy atom. The van der Waals surface area contributed by atoms with Crippen LogP contribution in [0.3, 0.4) is 0 Å². The fraction of sp³-hybridized carbons (Fsp3) is 0.750. The first-order valence-electron chi connectivity index (χ1n) is 4.40. The Hall–Kier alpha value is -1.18. The maximum atomic E-state index is 9.77. The number of nitrogens with one attached hydrogen (secondary N) is 1. The zero-order valence-electron chi connectivity index (χ0n) is 8.67. The minimum Gasteiger partial charge on any atom is -0.479 e. The van der Waals surface area contributed by atoms with E-state index >= 15 is 0 Å². The highest BCUT2D eigenvalue weighted by Gasteiger charge is 2.29. The number of hydrogen-bond donors (Lipinski definition) is 5. The van der Waals surface area contributed by atoms with Gasteiger partial charge in [0.2, 0.25) is 0 Å². The number of carboxylic acids is 2. The molecule has 0 aromatic carbocycles. The summed E-state index contributed by atoms with van der Waals surface area (Å²) in [7, 11) is 0. The first-order chi connectivity index (χ1) is 6.88. The Kier molecular flexibility index (Phi) is 10.2. The fourth-order valence-corrected chi connectivity index (χ4v) is 0.520. The summed E-state index contributed by atoms with van der Waals surface area (Å²) in [6.07, 6.45) is -4.53. The van der Waals surface area contributed by atoms with E-state index in [2.05, 4.69) is 19.2 Å². The van der Waals surface area contributed by atoms with Crippen molar-refractivity contribution < 1.29 is 30.0 Å². The van der Waals surface area contributed by atoms with Crippen LogP contribution in [0.1, 0.15) is 13.8 Å².